The Hall–Kier alpha value is -1.90. The molecule has 1 aliphatic heterocycles. The third-order valence-electron chi connectivity index (χ3n) is 3.52. The number of amides is 1. The van der Waals surface area contributed by atoms with E-state index >= 15 is 0 Å². The Kier molecular flexibility index (Phi) is 4.72. The Morgan fingerprint density at radius 3 is 2.65 bits per heavy atom. The molecule has 1 heterocycles. The van der Waals surface area contributed by atoms with Crippen molar-refractivity contribution in [2.75, 3.05) is 4.90 Å². The Labute approximate surface area is 119 Å². The molecular weight excluding hydrogens is 253 g/mol. The van der Waals surface area contributed by atoms with Crippen LogP contribution in [-0.4, -0.2) is 11.9 Å². The fourth-order valence-electron chi connectivity index (χ4n) is 2.51. The van der Waals surface area contributed by atoms with Gasteiger partial charge in [-0.3, -0.25) is 4.79 Å². The third kappa shape index (κ3) is 2.98. The smallest absolute Gasteiger partial charge is 0.229 e. The van der Waals surface area contributed by atoms with E-state index in [2.05, 4.69) is 13.0 Å². The molecule has 1 aromatic carbocycles. The van der Waals surface area contributed by atoms with E-state index in [0.29, 0.717) is 6.42 Å². The van der Waals surface area contributed by atoms with Gasteiger partial charge in [-0.1, -0.05) is 31.6 Å². The molecule has 1 unspecified atom stereocenters. The van der Waals surface area contributed by atoms with Crippen molar-refractivity contribution in [3.63, 3.8) is 0 Å². The topological polar surface area (TPSA) is 20.3 Å². The number of benzene rings is 1. The second kappa shape index (κ2) is 6.51. The van der Waals surface area contributed by atoms with Crippen LogP contribution in [0.5, 0.6) is 0 Å². The standard InChI is InChI=1S/C17H20FNO/c1-3-5-7-13(6-4-2)16-12-17(20)19(16)15-10-8-14(18)9-11-15/h3,5,7-11,16H,4,6,12H2,1-2H3/b5-3-,13-7+. The molecule has 1 aromatic rings. The summed E-state index contributed by atoms with van der Waals surface area (Å²) >= 11 is 0. The first kappa shape index (κ1) is 14.5. The van der Waals surface area contributed by atoms with E-state index in [4.69, 9.17) is 0 Å². The molecule has 1 saturated heterocycles. The van der Waals surface area contributed by atoms with E-state index in [9.17, 15) is 9.18 Å². The van der Waals surface area contributed by atoms with Gasteiger partial charge >= 0.3 is 0 Å². The van der Waals surface area contributed by atoms with Crippen LogP contribution >= 0.6 is 0 Å². The number of carbonyl (C=O) groups is 1. The van der Waals surface area contributed by atoms with Gasteiger partial charge in [-0.2, -0.15) is 0 Å². The van der Waals surface area contributed by atoms with Gasteiger partial charge in [0.25, 0.3) is 0 Å². The van der Waals surface area contributed by atoms with E-state index in [-0.39, 0.29) is 17.8 Å². The van der Waals surface area contributed by atoms with Gasteiger partial charge in [0, 0.05) is 5.69 Å². The first-order valence-electron chi connectivity index (χ1n) is 7.06. The van der Waals surface area contributed by atoms with Gasteiger partial charge < -0.3 is 4.90 Å². The predicted octanol–water partition coefficient (Wildman–Crippen LogP) is 4.23. The predicted molar refractivity (Wildman–Crippen MR) is 80.1 cm³/mol. The number of allylic oxidation sites excluding steroid dienone is 3. The first-order valence-corrected chi connectivity index (χ1v) is 7.06. The monoisotopic (exact) mass is 273 g/mol. The number of hydrogen-bond acceptors (Lipinski definition) is 1. The molecule has 20 heavy (non-hydrogen) atoms. The van der Waals surface area contributed by atoms with Crippen LogP contribution in [0, 0.1) is 5.82 Å². The van der Waals surface area contributed by atoms with Crippen molar-refractivity contribution < 1.29 is 9.18 Å². The molecule has 1 amide bonds. The summed E-state index contributed by atoms with van der Waals surface area (Å²) in [4.78, 5) is 13.7. The fraction of sp³-hybridized carbons (Fsp3) is 0.353. The molecule has 0 bridgehead atoms. The van der Waals surface area contributed by atoms with Gasteiger partial charge in [-0.25, -0.2) is 4.39 Å². The van der Waals surface area contributed by atoms with Gasteiger partial charge in [0.2, 0.25) is 5.91 Å². The Morgan fingerprint density at radius 2 is 2.10 bits per heavy atom. The lowest BCUT2D eigenvalue weighted by molar-refractivity contribution is -0.123. The second-order valence-corrected chi connectivity index (χ2v) is 4.98. The molecular formula is C17H20FNO. The molecule has 0 saturated carbocycles. The Balaban J connectivity index is 2.23. The number of β-lactam (4-membered cyclic amide) rings is 1. The van der Waals surface area contributed by atoms with Crippen LogP contribution in [0.3, 0.4) is 0 Å². The summed E-state index contributed by atoms with van der Waals surface area (Å²) in [7, 11) is 0. The molecule has 1 fully saturated rings. The SMILES string of the molecule is C/C=C\C=C(/CCC)C1CC(=O)N1c1ccc(F)cc1. The molecule has 0 aliphatic carbocycles. The quantitative estimate of drug-likeness (QED) is 0.580. The van der Waals surface area contributed by atoms with E-state index in [0.717, 1.165) is 18.5 Å². The number of carbonyl (C=O) groups excluding carboxylic acids is 1. The van der Waals surface area contributed by atoms with E-state index < -0.39 is 0 Å². The molecule has 0 radical (unpaired) electrons. The zero-order chi connectivity index (χ0) is 14.5. The first-order chi connectivity index (χ1) is 9.67. The van der Waals surface area contributed by atoms with Gasteiger partial charge in [0.05, 0.1) is 12.5 Å². The van der Waals surface area contributed by atoms with E-state index in [1.807, 2.05) is 19.1 Å². The summed E-state index contributed by atoms with van der Waals surface area (Å²) in [5, 5.41) is 0. The van der Waals surface area contributed by atoms with Crippen LogP contribution in [0.15, 0.2) is 48.1 Å². The molecule has 0 spiro atoms. The minimum atomic E-state index is -0.281. The normalized spacial score (nSPS) is 19.6. The summed E-state index contributed by atoms with van der Waals surface area (Å²) in [6.07, 6.45) is 8.65. The van der Waals surface area contributed by atoms with Crippen LogP contribution in [0.1, 0.15) is 33.1 Å². The molecule has 3 heteroatoms. The van der Waals surface area contributed by atoms with Crippen molar-refractivity contribution in [1.82, 2.24) is 0 Å². The van der Waals surface area contributed by atoms with Gasteiger partial charge in [-0.15, -0.1) is 0 Å². The van der Waals surface area contributed by atoms with Crippen LogP contribution < -0.4 is 4.90 Å². The van der Waals surface area contributed by atoms with Gasteiger partial charge in [0.1, 0.15) is 5.82 Å². The average molecular weight is 273 g/mol. The van der Waals surface area contributed by atoms with Crippen LogP contribution in [0.2, 0.25) is 0 Å². The number of nitrogens with zero attached hydrogens (tertiary/aromatic N) is 1. The zero-order valence-electron chi connectivity index (χ0n) is 12.0. The maximum atomic E-state index is 13.0. The van der Waals surface area contributed by atoms with E-state index in [1.165, 1.54) is 17.7 Å². The molecule has 0 aromatic heterocycles. The third-order valence-corrected chi connectivity index (χ3v) is 3.52. The summed E-state index contributed by atoms with van der Waals surface area (Å²) in [5.74, 6) is -0.180. The lowest BCUT2D eigenvalue weighted by Gasteiger charge is -2.42. The number of anilines is 1. The van der Waals surface area contributed by atoms with Crippen LogP contribution in [0.4, 0.5) is 10.1 Å². The molecule has 2 rings (SSSR count). The summed E-state index contributed by atoms with van der Waals surface area (Å²) in [6.45, 7) is 4.11. The highest BCUT2D eigenvalue weighted by atomic mass is 19.1. The van der Waals surface area contributed by atoms with Gasteiger partial charge in [-0.05, 0) is 43.2 Å². The lowest BCUT2D eigenvalue weighted by Crippen LogP contribution is -2.53. The maximum Gasteiger partial charge on any atom is 0.229 e. The highest BCUT2D eigenvalue weighted by Crippen LogP contribution is 2.33. The lowest BCUT2D eigenvalue weighted by atomic mass is 9.89. The summed E-state index contributed by atoms with van der Waals surface area (Å²) in [6, 6.07) is 6.24. The van der Waals surface area contributed by atoms with E-state index in [1.54, 1.807) is 17.0 Å². The highest BCUT2D eigenvalue weighted by molar-refractivity contribution is 6.01. The summed E-state index contributed by atoms with van der Waals surface area (Å²) in [5.41, 5.74) is 2.03. The minimum absolute atomic E-state index is 0.101. The number of halogens is 1. The molecule has 1 atom stereocenters. The summed E-state index contributed by atoms with van der Waals surface area (Å²) < 4.78 is 13.0. The highest BCUT2D eigenvalue weighted by Gasteiger charge is 2.38. The van der Waals surface area contributed by atoms with Crippen molar-refractivity contribution in [3.8, 4) is 0 Å². The molecule has 2 nitrogen and oxygen atoms in total. The van der Waals surface area contributed by atoms with Crippen LogP contribution in [-0.2, 0) is 4.79 Å². The van der Waals surface area contributed by atoms with Gasteiger partial charge in [0.15, 0.2) is 0 Å². The second-order valence-electron chi connectivity index (χ2n) is 4.98. The van der Waals surface area contributed by atoms with Crippen molar-refractivity contribution in [2.24, 2.45) is 0 Å². The number of rotatable bonds is 5. The fourth-order valence-corrected chi connectivity index (χ4v) is 2.51. The van der Waals surface area contributed by atoms with Crippen molar-refractivity contribution >= 4 is 11.6 Å². The minimum Gasteiger partial charge on any atom is -0.305 e. The Bertz CT molecular complexity index is 530. The van der Waals surface area contributed by atoms with Crippen molar-refractivity contribution in [2.45, 2.75) is 39.2 Å². The molecule has 0 N–H and O–H groups in total. The van der Waals surface area contributed by atoms with Crippen molar-refractivity contribution in [3.05, 3.63) is 53.9 Å². The maximum absolute atomic E-state index is 13.0. The molecule has 106 valence electrons. The Morgan fingerprint density at radius 1 is 1.40 bits per heavy atom. The van der Waals surface area contributed by atoms with Crippen molar-refractivity contribution in [1.29, 1.82) is 0 Å². The van der Waals surface area contributed by atoms with Crippen LogP contribution in [0.25, 0.3) is 0 Å². The number of hydrogen-bond donors (Lipinski definition) is 0. The largest absolute Gasteiger partial charge is 0.305 e. The average Bonchev–Trinajstić information content (AvgIpc) is 2.43. The zero-order valence-corrected chi connectivity index (χ0v) is 12.0. The molecule has 1 aliphatic rings.